The average Bonchev–Trinajstić information content (AvgIpc) is 2.72. The summed E-state index contributed by atoms with van der Waals surface area (Å²) < 4.78 is 10.3. The van der Waals surface area contributed by atoms with Gasteiger partial charge in [-0.1, -0.05) is 70.4 Å². The van der Waals surface area contributed by atoms with E-state index in [1.54, 1.807) is 24.3 Å². The van der Waals surface area contributed by atoms with Gasteiger partial charge in [0.2, 0.25) is 0 Å². The van der Waals surface area contributed by atoms with E-state index in [2.05, 4.69) is 19.1 Å². The third-order valence-corrected chi connectivity index (χ3v) is 4.96. The van der Waals surface area contributed by atoms with E-state index in [0.717, 1.165) is 19.3 Å². The first-order valence-electron chi connectivity index (χ1n) is 11.8. The molecule has 1 rings (SSSR count). The fourth-order valence-electron chi connectivity index (χ4n) is 3.26. The maximum Gasteiger partial charge on any atom is 0.311 e. The topological polar surface area (TPSA) is 52.6 Å². The van der Waals surface area contributed by atoms with E-state index in [-0.39, 0.29) is 11.9 Å². The van der Waals surface area contributed by atoms with Crippen LogP contribution in [-0.4, -0.2) is 11.9 Å². The molecule has 30 heavy (non-hydrogen) atoms. The molecular formula is C26H40O4. The van der Waals surface area contributed by atoms with E-state index in [4.69, 9.17) is 9.47 Å². The van der Waals surface area contributed by atoms with Crippen molar-refractivity contribution >= 4 is 11.9 Å². The molecule has 0 bridgehead atoms. The van der Waals surface area contributed by atoms with Crippen molar-refractivity contribution < 1.29 is 19.1 Å². The Morgan fingerprint density at radius 2 is 1.17 bits per heavy atom. The van der Waals surface area contributed by atoms with Crippen LogP contribution in [0.3, 0.4) is 0 Å². The molecule has 168 valence electrons. The fraction of sp³-hybridized carbons (Fsp3) is 0.615. The van der Waals surface area contributed by atoms with Gasteiger partial charge in [0.15, 0.2) is 0 Å². The van der Waals surface area contributed by atoms with Crippen molar-refractivity contribution in [3.05, 3.63) is 36.4 Å². The maximum atomic E-state index is 11.9. The van der Waals surface area contributed by atoms with E-state index in [1.807, 2.05) is 0 Å². The number of unbranched alkanes of at least 4 members (excludes halogenated alkanes) is 11. The van der Waals surface area contributed by atoms with E-state index in [9.17, 15) is 9.59 Å². The molecule has 1 aromatic rings. The largest absolute Gasteiger partial charge is 0.427 e. The van der Waals surface area contributed by atoms with Gasteiger partial charge in [0.25, 0.3) is 0 Å². The zero-order valence-corrected chi connectivity index (χ0v) is 19.0. The molecule has 0 fully saturated rings. The molecule has 0 atom stereocenters. The molecule has 0 unspecified atom stereocenters. The van der Waals surface area contributed by atoms with Gasteiger partial charge in [-0.15, -0.1) is 0 Å². The molecule has 0 aliphatic heterocycles. The predicted molar refractivity (Wildman–Crippen MR) is 123 cm³/mol. The van der Waals surface area contributed by atoms with Gasteiger partial charge in [0.1, 0.15) is 11.5 Å². The highest BCUT2D eigenvalue weighted by Crippen LogP contribution is 2.18. The SMILES string of the molecule is CCCCCCCC/C=C\CCCCCCCC(=O)Oc1ccc(OC(C)=O)cc1. The molecule has 0 aromatic heterocycles. The molecule has 0 amide bonds. The second-order valence-electron chi connectivity index (χ2n) is 7.87. The summed E-state index contributed by atoms with van der Waals surface area (Å²) in [6, 6.07) is 6.50. The minimum atomic E-state index is -0.371. The molecule has 0 heterocycles. The van der Waals surface area contributed by atoms with Gasteiger partial charge < -0.3 is 9.47 Å². The monoisotopic (exact) mass is 416 g/mol. The third kappa shape index (κ3) is 14.8. The minimum Gasteiger partial charge on any atom is -0.427 e. The number of hydrogen-bond acceptors (Lipinski definition) is 4. The molecule has 0 radical (unpaired) electrons. The summed E-state index contributed by atoms with van der Waals surface area (Å²) in [5.41, 5.74) is 0. The molecule has 0 N–H and O–H groups in total. The van der Waals surface area contributed by atoms with Gasteiger partial charge >= 0.3 is 11.9 Å². The molecular weight excluding hydrogens is 376 g/mol. The number of benzene rings is 1. The minimum absolute atomic E-state index is 0.215. The lowest BCUT2D eigenvalue weighted by Gasteiger charge is -2.06. The summed E-state index contributed by atoms with van der Waals surface area (Å²) in [5.74, 6) is 0.333. The normalized spacial score (nSPS) is 11.0. The van der Waals surface area contributed by atoms with Crippen LogP contribution in [0.4, 0.5) is 0 Å². The fourth-order valence-corrected chi connectivity index (χ4v) is 3.26. The molecule has 0 saturated carbocycles. The quantitative estimate of drug-likeness (QED) is 0.114. The van der Waals surface area contributed by atoms with Crippen LogP contribution in [0.5, 0.6) is 11.5 Å². The van der Waals surface area contributed by atoms with Gasteiger partial charge in [0.05, 0.1) is 0 Å². The number of rotatable bonds is 17. The Morgan fingerprint density at radius 1 is 0.700 bits per heavy atom. The van der Waals surface area contributed by atoms with Crippen molar-refractivity contribution in [1.82, 2.24) is 0 Å². The second kappa shape index (κ2) is 17.7. The molecule has 0 aliphatic rings. The highest BCUT2D eigenvalue weighted by molar-refractivity contribution is 5.72. The molecule has 0 aliphatic carbocycles. The van der Waals surface area contributed by atoms with Crippen LogP contribution in [0.2, 0.25) is 0 Å². The smallest absolute Gasteiger partial charge is 0.311 e. The van der Waals surface area contributed by atoms with E-state index >= 15 is 0 Å². The van der Waals surface area contributed by atoms with Crippen LogP contribution >= 0.6 is 0 Å². The Bertz CT molecular complexity index is 604. The van der Waals surface area contributed by atoms with Crippen LogP contribution in [0.15, 0.2) is 36.4 Å². The first-order valence-corrected chi connectivity index (χ1v) is 11.8. The van der Waals surface area contributed by atoms with Crippen LogP contribution in [0, 0.1) is 0 Å². The van der Waals surface area contributed by atoms with E-state index in [0.29, 0.717) is 17.9 Å². The van der Waals surface area contributed by atoms with Gasteiger partial charge in [-0.25, -0.2) is 0 Å². The third-order valence-electron chi connectivity index (χ3n) is 4.96. The highest BCUT2D eigenvalue weighted by atomic mass is 16.5. The van der Waals surface area contributed by atoms with Crippen LogP contribution in [0.25, 0.3) is 0 Å². The van der Waals surface area contributed by atoms with Gasteiger partial charge in [-0.05, 0) is 56.4 Å². The lowest BCUT2D eigenvalue weighted by molar-refractivity contribution is -0.135. The average molecular weight is 417 g/mol. The zero-order valence-electron chi connectivity index (χ0n) is 19.0. The summed E-state index contributed by atoms with van der Waals surface area (Å²) in [6.07, 6.45) is 21.2. The summed E-state index contributed by atoms with van der Waals surface area (Å²) in [4.78, 5) is 22.8. The molecule has 0 saturated heterocycles. The van der Waals surface area contributed by atoms with Crippen molar-refractivity contribution in [2.75, 3.05) is 0 Å². The number of esters is 2. The Kier molecular flexibility index (Phi) is 15.3. The van der Waals surface area contributed by atoms with E-state index in [1.165, 1.54) is 71.1 Å². The lowest BCUT2D eigenvalue weighted by atomic mass is 10.1. The van der Waals surface area contributed by atoms with Crippen molar-refractivity contribution in [3.63, 3.8) is 0 Å². The van der Waals surface area contributed by atoms with Gasteiger partial charge in [-0.2, -0.15) is 0 Å². The molecule has 0 spiro atoms. The summed E-state index contributed by atoms with van der Waals surface area (Å²) in [7, 11) is 0. The Balaban J connectivity index is 1.94. The predicted octanol–water partition coefficient (Wildman–Crippen LogP) is 7.55. The summed E-state index contributed by atoms with van der Waals surface area (Å²) in [6.45, 7) is 3.61. The first-order chi connectivity index (χ1) is 14.6. The maximum absolute atomic E-state index is 11.9. The van der Waals surface area contributed by atoms with Gasteiger partial charge in [-0.3, -0.25) is 9.59 Å². The number of carbonyl (C=O) groups is 2. The van der Waals surface area contributed by atoms with Crippen LogP contribution in [-0.2, 0) is 9.59 Å². The Hall–Kier alpha value is -2.10. The van der Waals surface area contributed by atoms with Crippen molar-refractivity contribution in [1.29, 1.82) is 0 Å². The van der Waals surface area contributed by atoms with Crippen molar-refractivity contribution in [2.45, 2.75) is 104 Å². The van der Waals surface area contributed by atoms with Gasteiger partial charge in [0, 0.05) is 13.3 Å². The zero-order chi connectivity index (χ0) is 21.9. The highest BCUT2D eigenvalue weighted by Gasteiger charge is 2.05. The van der Waals surface area contributed by atoms with Crippen LogP contribution in [0.1, 0.15) is 104 Å². The van der Waals surface area contributed by atoms with Crippen LogP contribution < -0.4 is 9.47 Å². The Labute approximate surface area is 183 Å². The van der Waals surface area contributed by atoms with Crippen molar-refractivity contribution in [3.8, 4) is 11.5 Å². The number of allylic oxidation sites excluding steroid dienone is 2. The standard InChI is InChI=1S/C26H40O4/c1-3-4-5-6-7-8-9-10-11-12-13-14-15-16-17-18-26(28)30-25-21-19-24(20-22-25)29-23(2)27/h10-11,19-22H,3-9,12-18H2,1-2H3/b11-10-. The van der Waals surface area contributed by atoms with Crippen molar-refractivity contribution in [2.24, 2.45) is 0 Å². The summed E-state index contributed by atoms with van der Waals surface area (Å²) >= 11 is 0. The van der Waals surface area contributed by atoms with E-state index < -0.39 is 0 Å². The summed E-state index contributed by atoms with van der Waals surface area (Å²) in [5, 5.41) is 0. The first kappa shape index (κ1) is 25.9. The number of hydrogen-bond donors (Lipinski definition) is 0. The molecule has 1 aromatic carbocycles. The number of ether oxygens (including phenoxy) is 2. The number of carbonyl (C=O) groups excluding carboxylic acids is 2. The molecule has 4 heteroatoms. The second-order valence-corrected chi connectivity index (χ2v) is 7.87. The Morgan fingerprint density at radius 3 is 1.70 bits per heavy atom. The molecule has 4 nitrogen and oxygen atoms in total. The lowest BCUT2D eigenvalue weighted by Crippen LogP contribution is -2.07.